The van der Waals surface area contributed by atoms with Gasteiger partial charge >= 0.3 is 0 Å². The van der Waals surface area contributed by atoms with E-state index >= 15 is 0 Å². The van der Waals surface area contributed by atoms with E-state index in [1.165, 1.54) is 25.3 Å². The lowest BCUT2D eigenvalue weighted by atomic mass is 9.79. The van der Waals surface area contributed by atoms with Crippen LogP contribution in [0.5, 0.6) is 11.5 Å². The molecular formula is C25H23N3O6. The fraction of sp³-hybridized carbons (Fsp3) is 0.200. The van der Waals surface area contributed by atoms with Crippen LogP contribution in [0, 0.1) is 10.1 Å². The summed E-state index contributed by atoms with van der Waals surface area (Å²) in [6, 6.07) is 17.5. The third-order valence-electron chi connectivity index (χ3n) is 5.97. The summed E-state index contributed by atoms with van der Waals surface area (Å²) in [5.41, 5.74) is 1.75. The quantitative estimate of drug-likeness (QED) is 0.436. The monoisotopic (exact) mass is 461 g/mol. The first-order valence-corrected chi connectivity index (χ1v) is 10.5. The summed E-state index contributed by atoms with van der Waals surface area (Å²) in [7, 11) is 4.63. The van der Waals surface area contributed by atoms with Crippen LogP contribution in [-0.2, 0) is 4.79 Å². The number of benzene rings is 3. The van der Waals surface area contributed by atoms with E-state index in [9.17, 15) is 19.7 Å². The predicted octanol–water partition coefficient (Wildman–Crippen LogP) is 4.16. The van der Waals surface area contributed by atoms with Gasteiger partial charge in [-0.3, -0.25) is 19.7 Å². The van der Waals surface area contributed by atoms with Crippen molar-refractivity contribution < 1.29 is 24.0 Å². The average molecular weight is 461 g/mol. The summed E-state index contributed by atoms with van der Waals surface area (Å²) in [6.45, 7) is 0. The Labute approximate surface area is 196 Å². The number of non-ortho nitro benzene ring substituents is 1. The van der Waals surface area contributed by atoms with Crippen molar-refractivity contribution in [2.75, 3.05) is 26.6 Å². The number of carbonyl (C=O) groups excluding carboxylic acids is 2. The molecule has 34 heavy (non-hydrogen) atoms. The first-order valence-electron chi connectivity index (χ1n) is 10.5. The van der Waals surface area contributed by atoms with Crippen molar-refractivity contribution in [3.05, 3.63) is 93.5 Å². The number of methoxy groups -OCH3 is 2. The lowest BCUT2D eigenvalue weighted by Gasteiger charge is -2.39. The van der Waals surface area contributed by atoms with Gasteiger partial charge < -0.3 is 19.7 Å². The van der Waals surface area contributed by atoms with E-state index in [0.29, 0.717) is 16.9 Å². The lowest BCUT2D eigenvalue weighted by molar-refractivity contribution is -0.384. The number of ether oxygens (including phenoxy) is 2. The van der Waals surface area contributed by atoms with Crippen molar-refractivity contribution in [2.45, 2.75) is 12.0 Å². The van der Waals surface area contributed by atoms with Gasteiger partial charge in [-0.15, -0.1) is 0 Å². The van der Waals surface area contributed by atoms with Gasteiger partial charge in [-0.2, -0.15) is 0 Å². The molecule has 0 saturated carbocycles. The van der Waals surface area contributed by atoms with E-state index < -0.39 is 22.8 Å². The Morgan fingerprint density at radius 1 is 1.03 bits per heavy atom. The molecule has 1 heterocycles. The fourth-order valence-corrected chi connectivity index (χ4v) is 4.29. The van der Waals surface area contributed by atoms with Crippen LogP contribution in [0.25, 0.3) is 0 Å². The van der Waals surface area contributed by atoms with Gasteiger partial charge in [0, 0.05) is 24.7 Å². The zero-order valence-electron chi connectivity index (χ0n) is 18.8. The summed E-state index contributed by atoms with van der Waals surface area (Å²) >= 11 is 0. The molecule has 0 saturated heterocycles. The molecule has 0 bridgehead atoms. The van der Waals surface area contributed by atoms with Gasteiger partial charge in [-0.1, -0.05) is 30.3 Å². The summed E-state index contributed by atoms with van der Waals surface area (Å²) in [5.74, 6) is -0.471. The van der Waals surface area contributed by atoms with Crippen LogP contribution in [0.3, 0.4) is 0 Å². The Bertz CT molecular complexity index is 1260. The molecule has 0 aliphatic carbocycles. The fourth-order valence-electron chi connectivity index (χ4n) is 4.29. The summed E-state index contributed by atoms with van der Waals surface area (Å²) < 4.78 is 10.5. The number of nitrogens with one attached hydrogen (secondary N) is 1. The van der Waals surface area contributed by atoms with Crippen LogP contribution in [0.4, 0.5) is 11.4 Å². The van der Waals surface area contributed by atoms with Crippen LogP contribution >= 0.6 is 0 Å². The van der Waals surface area contributed by atoms with Crippen molar-refractivity contribution in [2.24, 2.45) is 0 Å². The van der Waals surface area contributed by atoms with Crippen molar-refractivity contribution in [3.63, 3.8) is 0 Å². The highest BCUT2D eigenvalue weighted by molar-refractivity contribution is 6.04. The molecule has 9 heteroatoms. The summed E-state index contributed by atoms with van der Waals surface area (Å²) in [6.07, 6.45) is 0. The maximum absolute atomic E-state index is 13.7. The van der Waals surface area contributed by atoms with Crippen LogP contribution < -0.4 is 14.8 Å². The smallest absolute Gasteiger partial charge is 0.271 e. The van der Waals surface area contributed by atoms with E-state index in [-0.39, 0.29) is 23.0 Å². The molecule has 0 fully saturated rings. The number of anilines is 1. The van der Waals surface area contributed by atoms with Crippen LogP contribution in [0.1, 0.15) is 33.4 Å². The van der Waals surface area contributed by atoms with Crippen LogP contribution in [-0.4, -0.2) is 42.9 Å². The largest absolute Gasteiger partial charge is 0.497 e. The van der Waals surface area contributed by atoms with Gasteiger partial charge in [0.05, 0.1) is 36.8 Å². The maximum atomic E-state index is 13.7. The predicted molar refractivity (Wildman–Crippen MR) is 125 cm³/mol. The highest BCUT2D eigenvalue weighted by atomic mass is 16.6. The van der Waals surface area contributed by atoms with Gasteiger partial charge in [0.2, 0.25) is 5.91 Å². The molecule has 174 valence electrons. The number of hydrogen-bond acceptors (Lipinski definition) is 6. The number of nitrogens with zero attached hydrogens (tertiary/aromatic N) is 2. The number of hydrogen-bond donors (Lipinski definition) is 1. The van der Waals surface area contributed by atoms with Gasteiger partial charge in [0.25, 0.3) is 11.6 Å². The van der Waals surface area contributed by atoms with E-state index in [1.54, 1.807) is 55.5 Å². The number of likely N-dealkylation sites (N-methyl/N-ethyl adjacent to an activating group) is 1. The number of amides is 2. The van der Waals surface area contributed by atoms with Crippen molar-refractivity contribution >= 4 is 23.2 Å². The lowest BCUT2D eigenvalue weighted by Crippen LogP contribution is -2.44. The second-order valence-corrected chi connectivity index (χ2v) is 7.83. The minimum Gasteiger partial charge on any atom is -0.497 e. The molecule has 0 aromatic heterocycles. The Morgan fingerprint density at radius 2 is 1.74 bits per heavy atom. The molecule has 0 spiro atoms. The zero-order chi connectivity index (χ0) is 24.4. The van der Waals surface area contributed by atoms with Gasteiger partial charge in [0.15, 0.2) is 0 Å². The van der Waals surface area contributed by atoms with E-state index in [2.05, 4.69) is 5.32 Å². The molecule has 4 rings (SSSR count). The van der Waals surface area contributed by atoms with E-state index in [1.807, 2.05) is 12.1 Å². The molecule has 1 aliphatic heterocycles. The summed E-state index contributed by atoms with van der Waals surface area (Å²) in [4.78, 5) is 39.2. The molecule has 2 atom stereocenters. The molecule has 9 nitrogen and oxygen atoms in total. The third-order valence-corrected chi connectivity index (χ3v) is 5.97. The van der Waals surface area contributed by atoms with Gasteiger partial charge in [-0.25, -0.2) is 0 Å². The molecule has 3 aromatic carbocycles. The Balaban J connectivity index is 1.81. The topological polar surface area (TPSA) is 111 Å². The molecule has 1 N–H and O–H groups in total. The number of fused-ring (bicyclic) bond motifs is 1. The Morgan fingerprint density at radius 3 is 2.38 bits per heavy atom. The molecule has 2 unspecified atom stereocenters. The van der Waals surface area contributed by atoms with E-state index in [4.69, 9.17) is 9.47 Å². The van der Waals surface area contributed by atoms with Crippen LogP contribution in [0.15, 0.2) is 66.7 Å². The highest BCUT2D eigenvalue weighted by Gasteiger charge is 2.42. The average Bonchev–Trinajstić information content (AvgIpc) is 2.86. The molecule has 3 aromatic rings. The Hall–Kier alpha value is -4.40. The third kappa shape index (κ3) is 4.03. The number of nitro groups is 1. The van der Waals surface area contributed by atoms with Crippen molar-refractivity contribution in [1.82, 2.24) is 4.90 Å². The van der Waals surface area contributed by atoms with Crippen molar-refractivity contribution in [3.8, 4) is 11.5 Å². The molecule has 2 amide bonds. The second kappa shape index (κ2) is 9.22. The maximum Gasteiger partial charge on any atom is 0.271 e. The zero-order valence-corrected chi connectivity index (χ0v) is 18.8. The van der Waals surface area contributed by atoms with E-state index in [0.717, 1.165) is 5.56 Å². The molecule has 0 radical (unpaired) electrons. The number of rotatable bonds is 6. The minimum atomic E-state index is -0.781. The summed E-state index contributed by atoms with van der Waals surface area (Å²) in [5, 5.41) is 14.1. The molecular weight excluding hydrogens is 438 g/mol. The van der Waals surface area contributed by atoms with Crippen molar-refractivity contribution in [1.29, 1.82) is 0 Å². The first-order chi connectivity index (χ1) is 16.3. The molecule has 1 aliphatic rings. The van der Waals surface area contributed by atoms with Gasteiger partial charge in [0.1, 0.15) is 11.5 Å². The minimum absolute atomic E-state index is 0.173. The van der Waals surface area contributed by atoms with Gasteiger partial charge in [-0.05, 0) is 35.4 Å². The first kappa shape index (κ1) is 22.8. The second-order valence-electron chi connectivity index (χ2n) is 7.83. The van der Waals surface area contributed by atoms with Crippen LogP contribution in [0.2, 0.25) is 0 Å². The number of carbonyl (C=O) groups is 2. The normalized spacial score (nSPS) is 17.0. The number of nitro benzene ring substituents is 1. The highest BCUT2D eigenvalue weighted by Crippen LogP contribution is 2.43. The Kier molecular flexibility index (Phi) is 6.18. The SMILES string of the molecule is COc1ccc(C2C(C(=O)Nc3cc([N+](=O)[O-])ccc3OC)c3ccccc3C(=O)N2C)cc1. The standard InChI is InChI=1S/C25H23N3O6/c1-27-23(15-8-11-17(33-2)12-9-15)22(18-6-4-5-7-19(18)25(27)30)24(29)26-20-14-16(28(31)32)10-13-21(20)34-3/h4-14,22-23H,1-3H3,(H,26,29).